The number of H-pyrrole nitrogens is 1. The lowest BCUT2D eigenvalue weighted by atomic mass is 10.0. The van der Waals surface area contributed by atoms with Crippen LogP contribution < -0.4 is 10.2 Å². The molecule has 2 atom stereocenters. The number of hydrogen-bond acceptors (Lipinski definition) is 6. The summed E-state index contributed by atoms with van der Waals surface area (Å²) in [5, 5.41) is 2.70. The van der Waals surface area contributed by atoms with Crippen LogP contribution in [0.25, 0.3) is 11.2 Å². The van der Waals surface area contributed by atoms with Gasteiger partial charge in [0.1, 0.15) is 29.5 Å². The van der Waals surface area contributed by atoms with Gasteiger partial charge in [0, 0.05) is 12.1 Å². The number of benzene rings is 1. The fraction of sp³-hybridized carbons (Fsp3) is 0.259. The molecule has 2 N–H and O–H groups in total. The number of aromatic amines is 1. The Balaban J connectivity index is 1.31. The maximum atomic E-state index is 14.3. The molecule has 0 radical (unpaired) electrons. The molecule has 0 aliphatic carbocycles. The van der Waals surface area contributed by atoms with Crippen molar-refractivity contribution in [2.45, 2.75) is 38.5 Å². The van der Waals surface area contributed by atoms with Crippen molar-refractivity contribution in [3.8, 4) is 11.8 Å². The van der Waals surface area contributed by atoms with Gasteiger partial charge >= 0.3 is 6.09 Å². The first-order valence-corrected chi connectivity index (χ1v) is 11.8. The van der Waals surface area contributed by atoms with Crippen LogP contribution in [0.3, 0.4) is 0 Å². The molecular formula is C27H25FN6O2. The summed E-state index contributed by atoms with van der Waals surface area (Å²) in [6, 6.07) is 14.1. The molecule has 8 nitrogen and oxygen atoms in total. The molecule has 4 aromatic rings. The number of halogens is 1. The number of nitrogens with one attached hydrogen (secondary N) is 2. The average Bonchev–Trinajstić information content (AvgIpc) is 3.56. The van der Waals surface area contributed by atoms with E-state index < -0.39 is 18.0 Å². The van der Waals surface area contributed by atoms with Crippen LogP contribution in [-0.2, 0) is 11.3 Å². The number of nitrogens with zero attached hydrogens (tertiary/aromatic N) is 4. The molecule has 3 aromatic heterocycles. The fourth-order valence-electron chi connectivity index (χ4n) is 4.31. The highest BCUT2D eigenvalue weighted by molar-refractivity contribution is 5.72. The van der Waals surface area contributed by atoms with Gasteiger partial charge in [0.15, 0.2) is 5.65 Å². The lowest BCUT2D eigenvalue weighted by Crippen LogP contribution is -2.32. The number of alkyl carbamates (subject to hydrolysis) is 1. The van der Waals surface area contributed by atoms with Crippen molar-refractivity contribution in [3.63, 3.8) is 0 Å². The van der Waals surface area contributed by atoms with Gasteiger partial charge in [0.2, 0.25) is 0 Å². The number of rotatable bonds is 5. The van der Waals surface area contributed by atoms with Crippen molar-refractivity contribution < 1.29 is 13.9 Å². The van der Waals surface area contributed by atoms with Gasteiger partial charge in [-0.2, -0.15) is 0 Å². The fourth-order valence-corrected chi connectivity index (χ4v) is 4.31. The molecule has 1 amide bonds. The average molecular weight is 485 g/mol. The third-order valence-corrected chi connectivity index (χ3v) is 6.01. The van der Waals surface area contributed by atoms with Crippen LogP contribution in [0.2, 0.25) is 0 Å². The smallest absolute Gasteiger partial charge is 0.408 e. The predicted octanol–water partition coefficient (Wildman–Crippen LogP) is 4.50. The Kier molecular flexibility index (Phi) is 6.76. The van der Waals surface area contributed by atoms with Crippen LogP contribution >= 0.6 is 0 Å². The Hall–Kier alpha value is -4.45. The standard InChI is InChI=1S/C27H25FN6O2/c1-18(32-27(35)36-16-19-6-3-2-4-7-19)9-10-22-21(14-20(28)15-29-22)24-8-5-13-34(24)25-12-11-23-26(33-25)31-17-30-23/h2-4,6-7,11-12,14-15,17-18,24H,5,8,13,16H2,1H3,(H,32,35)(H,30,31,33)/t18-,24?/m1/s1. The quantitative estimate of drug-likeness (QED) is 0.405. The minimum Gasteiger partial charge on any atom is -0.445 e. The van der Waals surface area contributed by atoms with E-state index in [4.69, 9.17) is 4.74 Å². The van der Waals surface area contributed by atoms with Crippen molar-refractivity contribution in [2.75, 3.05) is 11.4 Å². The third kappa shape index (κ3) is 5.28. The summed E-state index contributed by atoms with van der Waals surface area (Å²) in [5.74, 6) is 6.39. The van der Waals surface area contributed by atoms with Crippen LogP contribution in [0.15, 0.2) is 61.1 Å². The highest BCUT2D eigenvalue weighted by Gasteiger charge is 2.30. The molecule has 0 spiro atoms. The summed E-state index contributed by atoms with van der Waals surface area (Å²) >= 11 is 0. The van der Waals surface area contributed by atoms with Crippen molar-refractivity contribution >= 4 is 23.1 Å². The number of pyridine rings is 2. The maximum Gasteiger partial charge on any atom is 0.408 e. The number of carbonyl (C=O) groups excluding carboxylic acids is 1. The summed E-state index contributed by atoms with van der Waals surface area (Å²) in [7, 11) is 0. The Labute approximate surface area is 207 Å². The third-order valence-electron chi connectivity index (χ3n) is 6.01. The van der Waals surface area contributed by atoms with E-state index in [1.165, 1.54) is 6.07 Å². The van der Waals surface area contributed by atoms with Gasteiger partial charge in [-0.05, 0) is 49.4 Å². The van der Waals surface area contributed by atoms with Crippen LogP contribution in [0, 0.1) is 17.7 Å². The first-order valence-electron chi connectivity index (χ1n) is 11.8. The lowest BCUT2D eigenvalue weighted by Gasteiger charge is -2.26. The Morgan fingerprint density at radius 2 is 2.14 bits per heavy atom. The van der Waals surface area contributed by atoms with E-state index in [2.05, 4.69) is 42.0 Å². The van der Waals surface area contributed by atoms with Gasteiger partial charge in [-0.1, -0.05) is 36.3 Å². The van der Waals surface area contributed by atoms with Gasteiger partial charge in [-0.25, -0.2) is 24.1 Å². The molecule has 9 heteroatoms. The second kappa shape index (κ2) is 10.4. The number of amides is 1. The van der Waals surface area contributed by atoms with E-state index in [1.54, 1.807) is 13.3 Å². The van der Waals surface area contributed by atoms with E-state index in [1.807, 2.05) is 42.5 Å². The molecule has 1 aromatic carbocycles. The SMILES string of the molecule is C[C@H](C#Cc1ncc(F)cc1C1CCCN1c1ccc2nc[nH]c2n1)NC(=O)OCc1ccccc1. The molecule has 1 aliphatic rings. The molecule has 0 bridgehead atoms. The second-order valence-corrected chi connectivity index (χ2v) is 8.58. The minimum absolute atomic E-state index is 0.121. The van der Waals surface area contributed by atoms with Crippen LogP contribution in [0.5, 0.6) is 0 Å². The zero-order chi connectivity index (χ0) is 24.9. The maximum absolute atomic E-state index is 14.3. The van der Waals surface area contributed by atoms with Crippen molar-refractivity contribution in [1.82, 2.24) is 25.3 Å². The van der Waals surface area contributed by atoms with Crippen molar-refractivity contribution in [3.05, 3.63) is 83.7 Å². The Morgan fingerprint density at radius 3 is 3.00 bits per heavy atom. The topological polar surface area (TPSA) is 96.0 Å². The number of fused-ring (bicyclic) bond motifs is 1. The number of aromatic nitrogens is 4. The first kappa shape index (κ1) is 23.3. The van der Waals surface area contributed by atoms with E-state index in [0.29, 0.717) is 16.9 Å². The number of imidazole rings is 1. The van der Waals surface area contributed by atoms with Crippen molar-refractivity contribution in [1.29, 1.82) is 0 Å². The van der Waals surface area contributed by atoms with Crippen LogP contribution in [0.1, 0.15) is 42.6 Å². The summed E-state index contributed by atoms with van der Waals surface area (Å²) in [4.78, 5) is 30.5. The zero-order valence-corrected chi connectivity index (χ0v) is 19.7. The molecule has 1 fully saturated rings. The van der Waals surface area contributed by atoms with Gasteiger partial charge in [0.05, 0.1) is 24.6 Å². The summed E-state index contributed by atoms with van der Waals surface area (Å²) in [6.45, 7) is 2.71. The molecule has 182 valence electrons. The normalized spacial score (nSPS) is 15.8. The zero-order valence-electron chi connectivity index (χ0n) is 19.7. The van der Waals surface area contributed by atoms with E-state index in [0.717, 1.165) is 42.5 Å². The monoisotopic (exact) mass is 484 g/mol. The second-order valence-electron chi connectivity index (χ2n) is 8.58. The Bertz CT molecular complexity index is 1430. The van der Waals surface area contributed by atoms with Gasteiger partial charge in [-0.15, -0.1) is 0 Å². The number of hydrogen-bond donors (Lipinski definition) is 2. The van der Waals surface area contributed by atoms with Gasteiger partial charge in [-0.3, -0.25) is 0 Å². The molecule has 1 aliphatic heterocycles. The number of ether oxygens (including phenoxy) is 1. The molecule has 4 heterocycles. The summed E-state index contributed by atoms with van der Waals surface area (Å²) in [5.41, 5.74) is 3.56. The predicted molar refractivity (Wildman–Crippen MR) is 134 cm³/mol. The minimum atomic E-state index is -0.560. The van der Waals surface area contributed by atoms with Crippen molar-refractivity contribution in [2.24, 2.45) is 0 Å². The van der Waals surface area contributed by atoms with Gasteiger partial charge in [0.25, 0.3) is 0 Å². The highest BCUT2D eigenvalue weighted by atomic mass is 19.1. The molecular weight excluding hydrogens is 459 g/mol. The van der Waals surface area contributed by atoms with E-state index >= 15 is 0 Å². The largest absolute Gasteiger partial charge is 0.445 e. The number of anilines is 1. The molecule has 36 heavy (non-hydrogen) atoms. The summed E-state index contributed by atoms with van der Waals surface area (Å²) < 4.78 is 19.5. The van der Waals surface area contributed by atoms with Gasteiger partial charge < -0.3 is 19.9 Å². The molecule has 1 saturated heterocycles. The number of carbonyl (C=O) groups is 1. The highest BCUT2D eigenvalue weighted by Crippen LogP contribution is 2.36. The van der Waals surface area contributed by atoms with E-state index in [-0.39, 0.29) is 12.6 Å². The lowest BCUT2D eigenvalue weighted by molar-refractivity contribution is 0.138. The van der Waals surface area contributed by atoms with Crippen LogP contribution in [0.4, 0.5) is 15.0 Å². The molecule has 1 unspecified atom stereocenters. The van der Waals surface area contributed by atoms with Crippen LogP contribution in [-0.4, -0.2) is 38.6 Å². The van der Waals surface area contributed by atoms with E-state index in [9.17, 15) is 9.18 Å². The Morgan fingerprint density at radius 1 is 1.28 bits per heavy atom. The first-order chi connectivity index (χ1) is 17.6. The molecule has 5 rings (SSSR count). The molecule has 0 saturated carbocycles. The summed E-state index contributed by atoms with van der Waals surface area (Å²) in [6.07, 6.45) is 3.97.